The van der Waals surface area contributed by atoms with E-state index in [0.717, 1.165) is 24.8 Å². The first kappa shape index (κ1) is 13.0. The molecule has 3 nitrogen and oxygen atoms in total. The molecule has 0 radical (unpaired) electrons. The highest BCUT2D eigenvalue weighted by Gasteiger charge is 2.12. The van der Waals surface area contributed by atoms with Crippen molar-refractivity contribution >= 4 is 0 Å². The molecule has 0 spiro atoms. The lowest BCUT2D eigenvalue weighted by Crippen LogP contribution is -2.02. The van der Waals surface area contributed by atoms with E-state index in [1.54, 1.807) is 19.5 Å². The van der Waals surface area contributed by atoms with Crippen LogP contribution in [-0.2, 0) is 0 Å². The van der Waals surface area contributed by atoms with Crippen LogP contribution in [0.15, 0.2) is 18.5 Å². The van der Waals surface area contributed by atoms with E-state index in [4.69, 9.17) is 4.74 Å². The van der Waals surface area contributed by atoms with Gasteiger partial charge >= 0.3 is 0 Å². The highest BCUT2D eigenvalue weighted by molar-refractivity contribution is 5.31. The second kappa shape index (κ2) is 6.48. The Morgan fingerprint density at radius 3 is 2.75 bits per heavy atom. The zero-order valence-electron chi connectivity index (χ0n) is 10.3. The summed E-state index contributed by atoms with van der Waals surface area (Å²) in [5.74, 6) is 1.35. The van der Waals surface area contributed by atoms with E-state index in [0.29, 0.717) is 11.7 Å². The summed E-state index contributed by atoms with van der Waals surface area (Å²) in [4.78, 5) is 3.97. The molecule has 1 rings (SSSR count). The number of hydrogen-bond acceptors (Lipinski definition) is 3. The largest absolute Gasteiger partial charge is 0.495 e. The van der Waals surface area contributed by atoms with Gasteiger partial charge in [-0.3, -0.25) is 4.98 Å². The molecule has 0 saturated carbocycles. The molecule has 0 aliphatic carbocycles. The maximum Gasteiger partial charge on any atom is 0.142 e. The number of methoxy groups -OCH3 is 1. The average Bonchev–Trinajstić information content (AvgIpc) is 2.28. The van der Waals surface area contributed by atoms with Crippen LogP contribution in [0.25, 0.3) is 0 Å². The topological polar surface area (TPSA) is 42.4 Å². The molecule has 3 heteroatoms. The van der Waals surface area contributed by atoms with E-state index in [-0.39, 0.29) is 0 Å². The monoisotopic (exact) mass is 223 g/mol. The molecule has 1 aromatic rings. The van der Waals surface area contributed by atoms with E-state index in [2.05, 4.69) is 18.8 Å². The molecule has 0 aliphatic rings. The summed E-state index contributed by atoms with van der Waals surface area (Å²) in [6.45, 7) is 4.39. The van der Waals surface area contributed by atoms with Gasteiger partial charge in [0.05, 0.1) is 19.4 Å². The summed E-state index contributed by atoms with van der Waals surface area (Å²) in [5, 5.41) is 10.0. The van der Waals surface area contributed by atoms with Crippen LogP contribution in [0.2, 0.25) is 0 Å². The van der Waals surface area contributed by atoms with E-state index in [1.807, 2.05) is 6.07 Å². The molecular formula is C13H21NO2. The van der Waals surface area contributed by atoms with E-state index >= 15 is 0 Å². The molecule has 0 aliphatic heterocycles. The molecular weight excluding hydrogens is 202 g/mol. The fourth-order valence-corrected chi connectivity index (χ4v) is 1.71. The smallest absolute Gasteiger partial charge is 0.142 e. The highest BCUT2D eigenvalue weighted by atomic mass is 16.5. The van der Waals surface area contributed by atoms with Crippen LogP contribution >= 0.6 is 0 Å². The fraction of sp³-hybridized carbons (Fsp3) is 0.615. The third kappa shape index (κ3) is 3.81. The van der Waals surface area contributed by atoms with Crippen molar-refractivity contribution in [3.8, 4) is 5.75 Å². The van der Waals surface area contributed by atoms with E-state index in [1.165, 1.54) is 0 Å². The lowest BCUT2D eigenvalue weighted by molar-refractivity contribution is 0.158. The van der Waals surface area contributed by atoms with Crippen molar-refractivity contribution in [1.29, 1.82) is 0 Å². The van der Waals surface area contributed by atoms with Crippen LogP contribution in [0.5, 0.6) is 5.75 Å². The first-order chi connectivity index (χ1) is 7.65. The summed E-state index contributed by atoms with van der Waals surface area (Å²) in [6.07, 6.45) is 5.83. The van der Waals surface area contributed by atoms with Gasteiger partial charge in [-0.25, -0.2) is 0 Å². The Morgan fingerprint density at radius 2 is 2.12 bits per heavy atom. The predicted octanol–water partition coefficient (Wildman–Crippen LogP) is 2.95. The summed E-state index contributed by atoms with van der Waals surface area (Å²) in [6, 6.07) is 1.82. The molecule has 1 heterocycles. The van der Waals surface area contributed by atoms with Crippen molar-refractivity contribution in [1.82, 2.24) is 4.98 Å². The molecule has 90 valence electrons. The number of pyridine rings is 1. The lowest BCUT2D eigenvalue weighted by Gasteiger charge is -2.14. The number of aromatic nitrogens is 1. The minimum Gasteiger partial charge on any atom is -0.495 e. The van der Waals surface area contributed by atoms with Gasteiger partial charge in [0.1, 0.15) is 5.75 Å². The maximum absolute atomic E-state index is 10.0. The molecule has 0 saturated heterocycles. The first-order valence-corrected chi connectivity index (χ1v) is 5.81. The number of ether oxygens (including phenoxy) is 1. The number of nitrogens with zero attached hydrogens (tertiary/aromatic N) is 1. The fourth-order valence-electron chi connectivity index (χ4n) is 1.71. The Balaban J connectivity index is 2.55. The third-order valence-electron chi connectivity index (χ3n) is 2.65. The molecule has 1 atom stereocenters. The second-order valence-electron chi connectivity index (χ2n) is 4.46. The van der Waals surface area contributed by atoms with Gasteiger partial charge in [0.25, 0.3) is 0 Å². The lowest BCUT2D eigenvalue weighted by atomic mass is 10.0. The van der Waals surface area contributed by atoms with Crippen molar-refractivity contribution in [2.24, 2.45) is 5.92 Å². The van der Waals surface area contributed by atoms with Gasteiger partial charge in [-0.05, 0) is 18.4 Å². The summed E-state index contributed by atoms with van der Waals surface area (Å²) >= 11 is 0. The van der Waals surface area contributed by atoms with E-state index < -0.39 is 6.10 Å². The SMILES string of the molecule is COc1cnccc1C(O)CCCC(C)C. The Bertz CT molecular complexity index is 313. The Kier molecular flexibility index (Phi) is 5.26. The molecule has 1 aromatic heterocycles. The van der Waals surface area contributed by atoms with Crippen molar-refractivity contribution < 1.29 is 9.84 Å². The Hall–Kier alpha value is -1.09. The Labute approximate surface area is 97.5 Å². The van der Waals surface area contributed by atoms with Gasteiger partial charge in [-0.1, -0.05) is 26.7 Å². The molecule has 16 heavy (non-hydrogen) atoms. The number of aliphatic hydroxyl groups is 1. The molecule has 0 amide bonds. The third-order valence-corrected chi connectivity index (χ3v) is 2.65. The molecule has 1 unspecified atom stereocenters. The minimum atomic E-state index is -0.448. The van der Waals surface area contributed by atoms with Gasteiger partial charge in [0.2, 0.25) is 0 Å². The molecule has 0 bridgehead atoms. The molecule has 1 N–H and O–H groups in total. The van der Waals surface area contributed by atoms with Gasteiger partial charge in [0.15, 0.2) is 0 Å². The van der Waals surface area contributed by atoms with Crippen molar-refractivity contribution in [3.63, 3.8) is 0 Å². The highest BCUT2D eigenvalue weighted by Crippen LogP contribution is 2.27. The van der Waals surface area contributed by atoms with Crippen LogP contribution in [0, 0.1) is 5.92 Å². The zero-order chi connectivity index (χ0) is 12.0. The van der Waals surface area contributed by atoms with Crippen LogP contribution in [0.1, 0.15) is 44.8 Å². The predicted molar refractivity (Wildman–Crippen MR) is 64.4 cm³/mol. The molecule has 0 fully saturated rings. The second-order valence-corrected chi connectivity index (χ2v) is 4.46. The standard InChI is InChI=1S/C13H21NO2/c1-10(2)5-4-6-12(15)11-7-8-14-9-13(11)16-3/h7-10,12,15H,4-6H2,1-3H3. The van der Waals surface area contributed by atoms with Crippen LogP contribution in [0.3, 0.4) is 0 Å². The number of hydrogen-bond donors (Lipinski definition) is 1. The van der Waals surface area contributed by atoms with Gasteiger partial charge in [-0.2, -0.15) is 0 Å². The summed E-state index contributed by atoms with van der Waals surface area (Å²) in [5.41, 5.74) is 0.834. The minimum absolute atomic E-state index is 0.448. The van der Waals surface area contributed by atoms with Gasteiger partial charge < -0.3 is 9.84 Å². The summed E-state index contributed by atoms with van der Waals surface area (Å²) in [7, 11) is 1.60. The van der Waals surface area contributed by atoms with Gasteiger partial charge in [-0.15, -0.1) is 0 Å². The van der Waals surface area contributed by atoms with Crippen molar-refractivity contribution in [3.05, 3.63) is 24.0 Å². The Morgan fingerprint density at radius 1 is 1.38 bits per heavy atom. The quantitative estimate of drug-likeness (QED) is 0.806. The first-order valence-electron chi connectivity index (χ1n) is 5.81. The van der Waals surface area contributed by atoms with Crippen molar-refractivity contribution in [2.75, 3.05) is 7.11 Å². The summed E-state index contributed by atoms with van der Waals surface area (Å²) < 4.78 is 5.17. The van der Waals surface area contributed by atoms with Crippen LogP contribution < -0.4 is 4.74 Å². The maximum atomic E-state index is 10.0. The van der Waals surface area contributed by atoms with Crippen LogP contribution in [-0.4, -0.2) is 17.2 Å². The average molecular weight is 223 g/mol. The van der Waals surface area contributed by atoms with Crippen LogP contribution in [0.4, 0.5) is 0 Å². The van der Waals surface area contributed by atoms with Crippen molar-refractivity contribution in [2.45, 2.75) is 39.2 Å². The number of aliphatic hydroxyl groups excluding tert-OH is 1. The zero-order valence-corrected chi connectivity index (χ0v) is 10.3. The molecule has 0 aromatic carbocycles. The normalized spacial score (nSPS) is 12.8. The van der Waals surface area contributed by atoms with E-state index in [9.17, 15) is 5.11 Å². The number of rotatable bonds is 6. The van der Waals surface area contributed by atoms with Gasteiger partial charge in [0, 0.05) is 11.8 Å².